The first-order valence-corrected chi connectivity index (χ1v) is 9.12. The van der Waals surface area contributed by atoms with Crippen LogP contribution >= 0.6 is 0 Å². The molecule has 132 valence electrons. The number of nitrogens with one attached hydrogen (secondary N) is 1. The maximum absolute atomic E-state index is 12.5. The van der Waals surface area contributed by atoms with E-state index in [4.69, 9.17) is 4.74 Å². The van der Waals surface area contributed by atoms with Crippen LogP contribution in [0.1, 0.15) is 45.4 Å². The lowest BCUT2D eigenvalue weighted by molar-refractivity contribution is 0.0811. The maximum atomic E-state index is 12.5. The summed E-state index contributed by atoms with van der Waals surface area (Å²) < 4.78 is 5.94. The van der Waals surface area contributed by atoms with Crippen LogP contribution in [0.5, 0.6) is 5.75 Å². The van der Waals surface area contributed by atoms with Crippen molar-refractivity contribution in [3.05, 3.63) is 24.3 Å². The number of likely N-dealkylation sites (tertiary alicyclic amines) is 1. The van der Waals surface area contributed by atoms with E-state index in [-0.39, 0.29) is 18.7 Å². The highest BCUT2D eigenvalue weighted by molar-refractivity contribution is 5.89. The summed E-state index contributed by atoms with van der Waals surface area (Å²) in [6.07, 6.45) is 7.15. The molecule has 2 amide bonds. The lowest BCUT2D eigenvalue weighted by atomic mass is 9.91. The monoisotopic (exact) mass is 332 g/mol. The Balaban J connectivity index is 1.57. The van der Waals surface area contributed by atoms with Crippen LogP contribution in [0.2, 0.25) is 0 Å². The second kappa shape index (κ2) is 7.88. The number of anilines is 1. The van der Waals surface area contributed by atoms with Crippen molar-refractivity contribution in [2.75, 3.05) is 18.5 Å². The van der Waals surface area contributed by atoms with Crippen LogP contribution in [0.4, 0.5) is 10.5 Å². The minimum Gasteiger partial charge on any atom is -0.490 e. The first-order chi connectivity index (χ1) is 11.7. The number of rotatable bonds is 4. The zero-order valence-electron chi connectivity index (χ0n) is 14.4. The number of carbonyl (C=O) groups is 1. The zero-order valence-corrected chi connectivity index (χ0v) is 14.4. The third-order valence-corrected chi connectivity index (χ3v) is 5.27. The van der Waals surface area contributed by atoms with Gasteiger partial charge < -0.3 is 20.1 Å². The number of nitrogens with zero attached hydrogens (tertiary/aromatic N) is 1. The van der Waals surface area contributed by atoms with Gasteiger partial charge in [0, 0.05) is 12.2 Å². The lowest BCUT2D eigenvalue weighted by Gasteiger charge is -2.38. The first-order valence-electron chi connectivity index (χ1n) is 9.12. The van der Waals surface area contributed by atoms with Crippen LogP contribution in [0.15, 0.2) is 24.3 Å². The molecule has 2 N–H and O–H groups in total. The van der Waals surface area contributed by atoms with E-state index in [0.29, 0.717) is 18.6 Å². The predicted octanol–water partition coefficient (Wildman–Crippen LogP) is 3.63. The van der Waals surface area contributed by atoms with Gasteiger partial charge in [-0.1, -0.05) is 6.92 Å². The van der Waals surface area contributed by atoms with E-state index in [1.807, 2.05) is 24.3 Å². The number of hydrogen-bond acceptors (Lipinski definition) is 3. The van der Waals surface area contributed by atoms with E-state index in [9.17, 15) is 9.90 Å². The number of hydrogen-bond donors (Lipinski definition) is 2. The molecular weight excluding hydrogens is 304 g/mol. The second-order valence-electron chi connectivity index (χ2n) is 7.04. The summed E-state index contributed by atoms with van der Waals surface area (Å²) in [6.45, 7) is 2.81. The van der Waals surface area contributed by atoms with Crippen molar-refractivity contribution in [2.24, 2.45) is 5.92 Å². The number of ether oxygens (including phenoxy) is 1. The molecule has 2 fully saturated rings. The molecule has 2 unspecified atom stereocenters. The van der Waals surface area contributed by atoms with Gasteiger partial charge in [0.2, 0.25) is 0 Å². The Kier molecular flexibility index (Phi) is 5.61. The lowest BCUT2D eigenvalue weighted by Crippen LogP contribution is -2.51. The maximum Gasteiger partial charge on any atom is 0.322 e. The van der Waals surface area contributed by atoms with Crippen molar-refractivity contribution in [3.63, 3.8) is 0 Å². The highest BCUT2D eigenvalue weighted by Gasteiger charge is 2.31. The first kappa shape index (κ1) is 17.1. The van der Waals surface area contributed by atoms with Gasteiger partial charge in [0.25, 0.3) is 0 Å². The normalized spacial score (nSPS) is 24.8. The van der Waals surface area contributed by atoms with Gasteiger partial charge in [-0.25, -0.2) is 4.79 Å². The Labute approximate surface area is 144 Å². The molecule has 1 saturated heterocycles. The van der Waals surface area contributed by atoms with Crippen LogP contribution in [-0.2, 0) is 0 Å². The van der Waals surface area contributed by atoms with Crippen molar-refractivity contribution in [2.45, 2.75) is 57.6 Å². The fourth-order valence-corrected chi connectivity index (χ4v) is 3.79. The van der Waals surface area contributed by atoms with E-state index >= 15 is 0 Å². The summed E-state index contributed by atoms with van der Waals surface area (Å²) >= 11 is 0. The molecule has 2 atom stereocenters. The second-order valence-corrected chi connectivity index (χ2v) is 7.04. The molecule has 1 heterocycles. The molecule has 0 spiro atoms. The van der Waals surface area contributed by atoms with Crippen molar-refractivity contribution in [1.29, 1.82) is 0 Å². The van der Waals surface area contributed by atoms with Crippen molar-refractivity contribution in [1.82, 2.24) is 4.90 Å². The molecular formula is C19H28N2O3. The minimum absolute atomic E-state index is 0.0166. The van der Waals surface area contributed by atoms with E-state index in [1.54, 1.807) is 4.90 Å². The number of carbonyl (C=O) groups excluding carboxylic acids is 1. The molecule has 1 aliphatic heterocycles. The molecule has 1 aromatic rings. The van der Waals surface area contributed by atoms with Crippen LogP contribution < -0.4 is 10.1 Å². The Hall–Kier alpha value is -1.75. The van der Waals surface area contributed by atoms with Gasteiger partial charge in [0.05, 0.1) is 18.8 Å². The standard InChI is InChI=1S/C19H28N2O3/c1-14-5-4-12-21(18(14)13-22)19(23)20-15-8-10-17(11-9-15)24-16-6-2-3-7-16/h8-11,14,16,18,22H,2-7,12-13H2,1H3,(H,20,23). The highest BCUT2D eigenvalue weighted by Crippen LogP contribution is 2.26. The van der Waals surface area contributed by atoms with Crippen LogP contribution in [0.3, 0.4) is 0 Å². The molecule has 5 heteroatoms. The Morgan fingerprint density at radius 2 is 1.92 bits per heavy atom. The molecule has 1 aliphatic carbocycles. The number of piperidine rings is 1. The number of amides is 2. The Morgan fingerprint density at radius 1 is 1.21 bits per heavy atom. The number of aliphatic hydroxyl groups is 1. The van der Waals surface area contributed by atoms with Gasteiger partial charge in [-0.15, -0.1) is 0 Å². The summed E-state index contributed by atoms with van der Waals surface area (Å²) in [5, 5.41) is 12.5. The molecule has 0 aromatic heterocycles. The number of urea groups is 1. The number of benzene rings is 1. The summed E-state index contributed by atoms with van der Waals surface area (Å²) in [7, 11) is 0. The average molecular weight is 332 g/mol. The third kappa shape index (κ3) is 4.01. The Bertz CT molecular complexity index is 540. The van der Waals surface area contributed by atoms with Gasteiger partial charge in [-0.3, -0.25) is 0 Å². The molecule has 1 aromatic carbocycles. The summed E-state index contributed by atoms with van der Waals surface area (Å²) in [5.74, 6) is 1.19. The van der Waals surface area contributed by atoms with Gasteiger partial charge in [0.15, 0.2) is 0 Å². The molecule has 2 aliphatic rings. The summed E-state index contributed by atoms with van der Waals surface area (Å²) in [6, 6.07) is 7.35. The Morgan fingerprint density at radius 3 is 2.58 bits per heavy atom. The van der Waals surface area contributed by atoms with E-state index in [0.717, 1.165) is 37.1 Å². The van der Waals surface area contributed by atoms with Crippen LogP contribution in [0.25, 0.3) is 0 Å². The van der Waals surface area contributed by atoms with Gasteiger partial charge >= 0.3 is 6.03 Å². The molecule has 5 nitrogen and oxygen atoms in total. The van der Waals surface area contributed by atoms with Gasteiger partial charge in [-0.2, -0.15) is 0 Å². The predicted molar refractivity (Wildman–Crippen MR) is 94.3 cm³/mol. The van der Waals surface area contributed by atoms with E-state index in [1.165, 1.54) is 12.8 Å². The average Bonchev–Trinajstić information content (AvgIpc) is 3.09. The topological polar surface area (TPSA) is 61.8 Å². The highest BCUT2D eigenvalue weighted by atomic mass is 16.5. The fraction of sp³-hybridized carbons (Fsp3) is 0.632. The quantitative estimate of drug-likeness (QED) is 0.885. The number of aliphatic hydroxyl groups excluding tert-OH is 1. The molecule has 3 rings (SSSR count). The SMILES string of the molecule is CC1CCCN(C(=O)Nc2ccc(OC3CCCC3)cc2)C1CO. The smallest absolute Gasteiger partial charge is 0.322 e. The van der Waals surface area contributed by atoms with E-state index < -0.39 is 0 Å². The fourth-order valence-electron chi connectivity index (χ4n) is 3.79. The molecule has 24 heavy (non-hydrogen) atoms. The van der Waals surface area contributed by atoms with E-state index in [2.05, 4.69) is 12.2 Å². The molecule has 0 radical (unpaired) electrons. The van der Waals surface area contributed by atoms with Crippen molar-refractivity contribution < 1.29 is 14.6 Å². The summed E-state index contributed by atoms with van der Waals surface area (Å²) in [5.41, 5.74) is 0.758. The molecule has 0 bridgehead atoms. The van der Waals surface area contributed by atoms with Crippen LogP contribution in [-0.4, -0.2) is 41.3 Å². The van der Waals surface area contributed by atoms with Crippen molar-refractivity contribution in [3.8, 4) is 5.75 Å². The van der Waals surface area contributed by atoms with Gasteiger partial charge in [-0.05, 0) is 68.7 Å². The largest absolute Gasteiger partial charge is 0.490 e. The van der Waals surface area contributed by atoms with Crippen LogP contribution in [0, 0.1) is 5.92 Å². The third-order valence-electron chi connectivity index (χ3n) is 5.27. The van der Waals surface area contributed by atoms with Gasteiger partial charge in [0.1, 0.15) is 5.75 Å². The zero-order chi connectivity index (χ0) is 16.9. The molecule has 1 saturated carbocycles. The van der Waals surface area contributed by atoms with Crippen molar-refractivity contribution >= 4 is 11.7 Å². The minimum atomic E-state index is -0.134. The summed E-state index contributed by atoms with van der Waals surface area (Å²) in [4.78, 5) is 14.3.